The molecular weight excluding hydrogens is 514 g/mol. The highest BCUT2D eigenvalue weighted by Crippen LogP contribution is 2.37. The molecule has 192 valence electrons. The molecule has 9 heteroatoms. The molecule has 0 saturated carbocycles. The quantitative estimate of drug-likeness (QED) is 0.202. The van der Waals surface area contributed by atoms with E-state index in [4.69, 9.17) is 5.10 Å². The van der Waals surface area contributed by atoms with Crippen molar-refractivity contribution in [3.05, 3.63) is 107 Å². The maximum absolute atomic E-state index is 13.6. The molecule has 1 aromatic heterocycles. The molecule has 4 aromatic rings. The van der Waals surface area contributed by atoms with Crippen LogP contribution in [0.2, 0.25) is 0 Å². The largest absolute Gasteiger partial charge is 0.328 e. The normalized spacial score (nSPS) is 14.6. The molecule has 0 bridgehead atoms. The molecule has 0 radical (unpaired) electrons. The van der Waals surface area contributed by atoms with E-state index in [1.165, 1.54) is 11.8 Å². The Kier molecular flexibility index (Phi) is 7.67. The van der Waals surface area contributed by atoms with E-state index < -0.39 is 6.04 Å². The number of hydrogen-bond donors (Lipinski definition) is 2. The summed E-state index contributed by atoms with van der Waals surface area (Å²) in [4.78, 5) is 32.1. The fraction of sp³-hybridized carbons (Fsp3) is 0.172. The third-order valence-corrected chi connectivity index (χ3v) is 7.83. The van der Waals surface area contributed by atoms with Crippen LogP contribution in [0.3, 0.4) is 0 Å². The molecule has 0 spiro atoms. The third kappa shape index (κ3) is 5.54. The van der Waals surface area contributed by atoms with E-state index in [0.717, 1.165) is 16.0 Å². The summed E-state index contributed by atoms with van der Waals surface area (Å²) in [6.07, 6.45) is 2.03. The molecule has 0 aliphatic carbocycles. The molecule has 0 saturated heterocycles. The number of amides is 1. The Balaban J connectivity index is 1.45. The van der Waals surface area contributed by atoms with Crippen molar-refractivity contribution in [2.24, 2.45) is 0 Å². The van der Waals surface area contributed by atoms with Gasteiger partial charge in [-0.2, -0.15) is 4.98 Å². The Morgan fingerprint density at radius 2 is 1.68 bits per heavy atom. The van der Waals surface area contributed by atoms with E-state index in [1.54, 1.807) is 16.4 Å². The van der Waals surface area contributed by atoms with Gasteiger partial charge in [-0.15, -0.1) is 16.9 Å². The number of allylic oxidation sites excluding steroid dienone is 1. The number of nitrogens with zero attached hydrogens (tertiary/aromatic N) is 3. The standard InChI is InChI=1S/C29H27N5O2S2/c1-18-9-11-20(12-10-18)24(35)17-38-29-32-28-30-19(2)25(27(36)31-22-7-5-4-6-8-22)26(34(28)33-29)21-13-15-23(37-3)16-14-21/h4-16,26H,17H2,1-3H3,(H,31,36)(H,30,32,33)/t26-/m0/s1. The summed E-state index contributed by atoms with van der Waals surface area (Å²) in [6, 6.07) is 24.5. The van der Waals surface area contributed by atoms with E-state index in [-0.39, 0.29) is 17.4 Å². The molecule has 3 aromatic carbocycles. The van der Waals surface area contributed by atoms with Gasteiger partial charge in [-0.25, -0.2) is 4.68 Å². The lowest BCUT2D eigenvalue weighted by atomic mass is 9.95. The smallest absolute Gasteiger partial charge is 0.255 e. The van der Waals surface area contributed by atoms with E-state index in [9.17, 15) is 9.59 Å². The molecule has 0 unspecified atom stereocenters. The van der Waals surface area contributed by atoms with Crippen molar-refractivity contribution >= 4 is 46.8 Å². The zero-order valence-electron chi connectivity index (χ0n) is 21.3. The SMILES string of the molecule is CSc1ccc([C@H]2C(C(=O)Nc3ccccc3)=C(C)Nc3nc(SCC(=O)c4ccc(C)cc4)nn32)cc1. The van der Waals surface area contributed by atoms with Crippen molar-refractivity contribution in [1.29, 1.82) is 0 Å². The number of benzene rings is 3. The van der Waals surface area contributed by atoms with Crippen molar-refractivity contribution in [2.45, 2.75) is 29.9 Å². The van der Waals surface area contributed by atoms with Gasteiger partial charge in [0.15, 0.2) is 5.78 Å². The first-order chi connectivity index (χ1) is 18.4. The van der Waals surface area contributed by atoms with Gasteiger partial charge in [0.1, 0.15) is 6.04 Å². The number of para-hydroxylation sites is 1. The average molecular weight is 542 g/mol. The number of rotatable bonds is 8. The topological polar surface area (TPSA) is 88.9 Å². The fourth-order valence-electron chi connectivity index (χ4n) is 4.25. The number of ketones is 1. The van der Waals surface area contributed by atoms with Gasteiger partial charge in [-0.05, 0) is 49.9 Å². The Bertz CT molecular complexity index is 1500. The van der Waals surface area contributed by atoms with Crippen LogP contribution in [0.25, 0.3) is 0 Å². The second kappa shape index (κ2) is 11.3. The van der Waals surface area contributed by atoms with Crippen LogP contribution in [-0.2, 0) is 4.79 Å². The number of hydrogen-bond acceptors (Lipinski definition) is 7. The summed E-state index contributed by atoms with van der Waals surface area (Å²) in [5.74, 6) is 0.540. The summed E-state index contributed by atoms with van der Waals surface area (Å²) < 4.78 is 1.74. The predicted molar refractivity (Wildman–Crippen MR) is 154 cm³/mol. The van der Waals surface area contributed by atoms with Gasteiger partial charge in [0.05, 0.1) is 11.3 Å². The monoisotopic (exact) mass is 541 g/mol. The van der Waals surface area contributed by atoms with Crippen LogP contribution in [0.1, 0.15) is 34.5 Å². The number of carbonyl (C=O) groups is 2. The highest BCUT2D eigenvalue weighted by atomic mass is 32.2. The van der Waals surface area contributed by atoms with Crippen LogP contribution in [0.15, 0.2) is 100 Å². The van der Waals surface area contributed by atoms with Crippen molar-refractivity contribution in [3.63, 3.8) is 0 Å². The van der Waals surface area contributed by atoms with Crippen LogP contribution < -0.4 is 10.6 Å². The van der Waals surface area contributed by atoms with Gasteiger partial charge in [-0.1, -0.05) is 71.9 Å². The second-order valence-corrected chi connectivity index (χ2v) is 10.7. The van der Waals surface area contributed by atoms with Crippen molar-refractivity contribution in [2.75, 3.05) is 22.6 Å². The number of nitrogens with one attached hydrogen (secondary N) is 2. The number of aromatic nitrogens is 3. The highest BCUT2D eigenvalue weighted by molar-refractivity contribution is 7.99. The minimum Gasteiger partial charge on any atom is -0.328 e. The lowest BCUT2D eigenvalue weighted by molar-refractivity contribution is -0.113. The molecule has 38 heavy (non-hydrogen) atoms. The lowest BCUT2D eigenvalue weighted by Gasteiger charge is -2.28. The molecule has 5 rings (SSSR count). The molecule has 1 aliphatic rings. The average Bonchev–Trinajstić information content (AvgIpc) is 3.34. The first-order valence-corrected chi connectivity index (χ1v) is 14.3. The summed E-state index contributed by atoms with van der Waals surface area (Å²) in [5.41, 5.74) is 4.65. The number of Topliss-reactive ketones (excluding diaryl/α,β-unsaturated/α-hetero) is 1. The van der Waals surface area contributed by atoms with Crippen molar-refractivity contribution in [1.82, 2.24) is 14.8 Å². The van der Waals surface area contributed by atoms with Crippen LogP contribution in [0.4, 0.5) is 11.6 Å². The highest BCUT2D eigenvalue weighted by Gasteiger charge is 2.34. The maximum atomic E-state index is 13.6. The number of carbonyl (C=O) groups excluding carboxylic acids is 2. The Morgan fingerprint density at radius 1 is 0.974 bits per heavy atom. The second-order valence-electron chi connectivity index (χ2n) is 8.90. The number of aryl methyl sites for hydroxylation is 1. The molecule has 1 atom stereocenters. The minimum absolute atomic E-state index is 0.0113. The van der Waals surface area contributed by atoms with E-state index in [2.05, 4.69) is 15.6 Å². The summed E-state index contributed by atoms with van der Waals surface area (Å²) in [6.45, 7) is 3.86. The van der Waals surface area contributed by atoms with E-state index in [1.807, 2.05) is 99.0 Å². The Morgan fingerprint density at radius 3 is 2.37 bits per heavy atom. The zero-order chi connectivity index (χ0) is 26.6. The first kappa shape index (κ1) is 25.8. The van der Waals surface area contributed by atoms with Gasteiger partial charge >= 0.3 is 0 Å². The number of anilines is 2. The minimum atomic E-state index is -0.486. The fourth-order valence-corrected chi connectivity index (χ4v) is 5.39. The summed E-state index contributed by atoms with van der Waals surface area (Å²) in [5, 5.41) is 11.5. The summed E-state index contributed by atoms with van der Waals surface area (Å²) >= 11 is 2.94. The molecule has 0 fully saturated rings. The lowest BCUT2D eigenvalue weighted by Crippen LogP contribution is -2.31. The molecule has 2 heterocycles. The van der Waals surface area contributed by atoms with Gasteiger partial charge in [-0.3, -0.25) is 9.59 Å². The maximum Gasteiger partial charge on any atom is 0.255 e. The van der Waals surface area contributed by atoms with E-state index in [0.29, 0.717) is 33.6 Å². The molecule has 2 N–H and O–H groups in total. The Labute approximate surface area is 230 Å². The van der Waals surface area contributed by atoms with Crippen molar-refractivity contribution in [3.8, 4) is 0 Å². The first-order valence-electron chi connectivity index (χ1n) is 12.1. The number of fused-ring (bicyclic) bond motifs is 1. The van der Waals surface area contributed by atoms with Gasteiger partial charge in [0, 0.05) is 21.8 Å². The van der Waals surface area contributed by atoms with E-state index >= 15 is 0 Å². The van der Waals surface area contributed by atoms with Crippen LogP contribution in [0.5, 0.6) is 0 Å². The van der Waals surface area contributed by atoms with Crippen LogP contribution >= 0.6 is 23.5 Å². The summed E-state index contributed by atoms with van der Waals surface area (Å²) in [7, 11) is 0. The van der Waals surface area contributed by atoms with Crippen LogP contribution in [0, 0.1) is 6.92 Å². The van der Waals surface area contributed by atoms with Gasteiger partial charge in [0.25, 0.3) is 5.91 Å². The van der Waals surface area contributed by atoms with Crippen molar-refractivity contribution < 1.29 is 9.59 Å². The molecule has 1 amide bonds. The van der Waals surface area contributed by atoms with Crippen LogP contribution in [-0.4, -0.2) is 38.5 Å². The third-order valence-electron chi connectivity index (χ3n) is 6.25. The molecular formula is C29H27N5O2S2. The molecule has 1 aliphatic heterocycles. The number of thioether (sulfide) groups is 2. The van der Waals surface area contributed by atoms with Gasteiger partial charge < -0.3 is 10.6 Å². The molecule has 7 nitrogen and oxygen atoms in total. The predicted octanol–water partition coefficient (Wildman–Crippen LogP) is 6.21. The Hall–Kier alpha value is -3.82. The zero-order valence-corrected chi connectivity index (χ0v) is 22.9. The van der Waals surface area contributed by atoms with Gasteiger partial charge in [0.2, 0.25) is 11.1 Å².